The lowest BCUT2D eigenvalue weighted by atomic mass is 9.39. The molecule has 0 saturated heterocycles. The highest BCUT2D eigenvalue weighted by atomic mass is 16.3. The van der Waals surface area contributed by atoms with Crippen LogP contribution in [0.25, 0.3) is 11.1 Å². The van der Waals surface area contributed by atoms with Crippen LogP contribution in [-0.4, -0.2) is 50.5 Å². The van der Waals surface area contributed by atoms with Gasteiger partial charge < -0.3 is 10.2 Å². The summed E-state index contributed by atoms with van der Waals surface area (Å²) in [6.45, 7) is 14.4. The first kappa shape index (κ1) is 35.1. The number of ketones is 6. The van der Waals surface area contributed by atoms with Crippen molar-refractivity contribution in [3.63, 3.8) is 0 Å². The molecule has 8 heteroatoms. The average molecular weight is 669 g/mol. The van der Waals surface area contributed by atoms with Crippen LogP contribution >= 0.6 is 0 Å². The van der Waals surface area contributed by atoms with Gasteiger partial charge in [-0.3, -0.25) is 28.8 Å². The van der Waals surface area contributed by atoms with Gasteiger partial charge in [0.05, 0.1) is 11.5 Å². The molecular formula is C41H48O8. The number of carbonyl (C=O) groups is 6. The summed E-state index contributed by atoms with van der Waals surface area (Å²) in [7, 11) is 0. The smallest absolute Gasteiger partial charge is 0.190 e. The van der Waals surface area contributed by atoms with Crippen molar-refractivity contribution < 1.29 is 39.0 Å². The molecule has 2 aromatic carbocycles. The van der Waals surface area contributed by atoms with Gasteiger partial charge in [0.1, 0.15) is 23.2 Å². The van der Waals surface area contributed by atoms with E-state index in [1.165, 1.54) is 0 Å². The Morgan fingerprint density at radius 2 is 1.59 bits per heavy atom. The fourth-order valence-corrected chi connectivity index (χ4v) is 9.72. The predicted octanol–water partition coefficient (Wildman–Crippen LogP) is 5.97. The van der Waals surface area contributed by atoms with E-state index in [4.69, 9.17) is 0 Å². The molecule has 260 valence electrons. The van der Waals surface area contributed by atoms with Crippen LogP contribution in [-0.2, 0) is 42.2 Å². The lowest BCUT2D eigenvalue weighted by Crippen LogP contribution is -2.76. The molecule has 6 atom stereocenters. The van der Waals surface area contributed by atoms with Gasteiger partial charge in [-0.15, -0.1) is 0 Å². The number of benzene rings is 2. The van der Waals surface area contributed by atoms with Crippen LogP contribution < -0.4 is 0 Å². The summed E-state index contributed by atoms with van der Waals surface area (Å²) in [5.41, 5.74) is -1.99. The van der Waals surface area contributed by atoms with Crippen molar-refractivity contribution in [2.75, 3.05) is 0 Å². The van der Waals surface area contributed by atoms with E-state index in [-0.39, 0.29) is 54.1 Å². The summed E-state index contributed by atoms with van der Waals surface area (Å²) in [5.74, 6) is -9.07. The Balaban J connectivity index is 1.54. The van der Waals surface area contributed by atoms with Crippen LogP contribution in [0, 0.1) is 40.4 Å². The van der Waals surface area contributed by atoms with Crippen LogP contribution in [0.5, 0.6) is 5.75 Å². The first-order valence-corrected chi connectivity index (χ1v) is 17.6. The van der Waals surface area contributed by atoms with Crippen molar-refractivity contribution in [2.24, 2.45) is 40.4 Å². The summed E-state index contributed by atoms with van der Waals surface area (Å²) in [5, 5.41) is 24.1. The van der Waals surface area contributed by atoms with Crippen LogP contribution in [0.4, 0.5) is 0 Å². The summed E-state index contributed by atoms with van der Waals surface area (Å²) in [4.78, 5) is 82.8. The standard InChI is InChI=1S/C41H48O8/c1-20(2)31-34(45)29(21(3)42)36(47)41(49)37(48)32-35(46)30-27(18-39(32,7)19-40(31,41)8)26(22-11-14-25(15-12-22)38(4,5)6)17-24(33(30)44)13-16-28(43)23-9-10-23/h11-12,14-15,17,20,23,29,31-32,44,49H,9-10,13,16,18-19H2,1-8H3/t29?,31?,32?,39-,40-,41+/m1/s1. The molecule has 2 aromatic rings. The zero-order chi connectivity index (χ0) is 36.2. The van der Waals surface area contributed by atoms with Gasteiger partial charge in [0.2, 0.25) is 0 Å². The van der Waals surface area contributed by atoms with Gasteiger partial charge in [0.15, 0.2) is 28.7 Å². The second-order valence-electron chi connectivity index (χ2n) is 17.2. The number of Topliss-reactive ketones (excluding diaryl/α,β-unsaturated/α-hetero) is 6. The first-order valence-electron chi connectivity index (χ1n) is 17.6. The Morgan fingerprint density at radius 1 is 0.980 bits per heavy atom. The zero-order valence-electron chi connectivity index (χ0n) is 29.9. The largest absolute Gasteiger partial charge is 0.507 e. The van der Waals surface area contributed by atoms with Crippen molar-refractivity contribution in [1.29, 1.82) is 0 Å². The number of hydrogen-bond acceptors (Lipinski definition) is 8. The molecule has 6 rings (SSSR count). The molecular weight excluding hydrogens is 620 g/mol. The minimum Gasteiger partial charge on any atom is -0.507 e. The van der Waals surface area contributed by atoms with E-state index >= 15 is 0 Å². The molecule has 0 spiro atoms. The van der Waals surface area contributed by atoms with Crippen LogP contribution in [0.3, 0.4) is 0 Å². The third kappa shape index (κ3) is 5.11. The van der Waals surface area contributed by atoms with Crippen molar-refractivity contribution in [3.8, 4) is 16.9 Å². The molecule has 0 bridgehead atoms. The number of rotatable bonds is 7. The van der Waals surface area contributed by atoms with E-state index in [1.807, 2.05) is 30.3 Å². The van der Waals surface area contributed by atoms with Gasteiger partial charge in [0, 0.05) is 23.7 Å². The van der Waals surface area contributed by atoms with E-state index in [2.05, 4.69) is 20.8 Å². The third-order valence-electron chi connectivity index (χ3n) is 12.2. The highest BCUT2D eigenvalue weighted by Gasteiger charge is 2.76. The SMILES string of the molecule is CC(=O)C1C(=O)C(C(C)C)[C@@]2(C)C[C@@]3(C)Cc4c(-c5ccc(C(C)(C)C)cc5)cc(CCC(=O)C5CC5)c(O)c4C(=O)C3C(=O)[C@@]2(O)C1=O. The lowest BCUT2D eigenvalue weighted by Gasteiger charge is -2.62. The molecule has 0 amide bonds. The van der Waals surface area contributed by atoms with E-state index < -0.39 is 69.0 Å². The average Bonchev–Trinajstić information content (AvgIpc) is 3.84. The molecule has 3 unspecified atom stereocenters. The molecule has 0 aliphatic heterocycles. The highest BCUT2D eigenvalue weighted by Crippen LogP contribution is 2.64. The Kier molecular flexibility index (Phi) is 8.14. The topological polar surface area (TPSA) is 143 Å². The molecule has 3 saturated carbocycles. The Hall–Kier alpha value is -3.78. The maximum atomic E-state index is 14.8. The van der Waals surface area contributed by atoms with E-state index in [9.17, 15) is 39.0 Å². The zero-order valence-corrected chi connectivity index (χ0v) is 29.9. The molecule has 4 aliphatic rings. The lowest BCUT2D eigenvalue weighted by molar-refractivity contribution is -0.205. The fraction of sp³-hybridized carbons (Fsp3) is 0.561. The molecule has 3 fully saturated rings. The van der Waals surface area contributed by atoms with Crippen LogP contribution in [0.1, 0.15) is 108 Å². The van der Waals surface area contributed by atoms with Gasteiger partial charge >= 0.3 is 0 Å². The Morgan fingerprint density at radius 3 is 2.12 bits per heavy atom. The molecule has 4 aliphatic carbocycles. The maximum Gasteiger partial charge on any atom is 0.190 e. The first-order chi connectivity index (χ1) is 22.7. The highest BCUT2D eigenvalue weighted by molar-refractivity contribution is 6.32. The third-order valence-corrected chi connectivity index (χ3v) is 12.2. The number of hydrogen-bond donors (Lipinski definition) is 2. The van der Waals surface area contributed by atoms with Crippen LogP contribution in [0.15, 0.2) is 30.3 Å². The van der Waals surface area contributed by atoms with Gasteiger partial charge in [-0.2, -0.15) is 0 Å². The molecule has 0 aromatic heterocycles. The molecule has 8 nitrogen and oxygen atoms in total. The number of fused-ring (bicyclic) bond motifs is 3. The minimum absolute atomic E-state index is 0.0101. The van der Waals surface area contributed by atoms with E-state index in [0.717, 1.165) is 30.9 Å². The summed E-state index contributed by atoms with van der Waals surface area (Å²) < 4.78 is 0. The van der Waals surface area contributed by atoms with Gasteiger partial charge in [-0.05, 0) is 89.7 Å². The van der Waals surface area contributed by atoms with E-state index in [0.29, 0.717) is 16.7 Å². The quantitative estimate of drug-likeness (QED) is 0.344. The minimum atomic E-state index is -2.75. The molecule has 49 heavy (non-hydrogen) atoms. The summed E-state index contributed by atoms with van der Waals surface area (Å²) in [6.07, 6.45) is 2.28. The number of aromatic hydroxyl groups is 1. The number of aryl methyl sites for hydroxylation is 1. The number of phenolic OH excluding ortho intramolecular Hbond substituents is 1. The second-order valence-corrected chi connectivity index (χ2v) is 17.2. The van der Waals surface area contributed by atoms with E-state index in [1.54, 1.807) is 27.7 Å². The summed E-state index contributed by atoms with van der Waals surface area (Å²) in [6, 6.07) is 9.87. The summed E-state index contributed by atoms with van der Waals surface area (Å²) >= 11 is 0. The van der Waals surface area contributed by atoms with Crippen molar-refractivity contribution in [3.05, 3.63) is 52.6 Å². The normalized spacial score (nSPS) is 31.3. The van der Waals surface area contributed by atoms with Crippen molar-refractivity contribution in [1.82, 2.24) is 0 Å². The Labute approximate surface area is 288 Å². The van der Waals surface area contributed by atoms with Crippen LogP contribution in [0.2, 0.25) is 0 Å². The van der Waals surface area contributed by atoms with Gasteiger partial charge in [-0.1, -0.05) is 72.7 Å². The Bertz CT molecular complexity index is 1820. The van der Waals surface area contributed by atoms with Crippen molar-refractivity contribution >= 4 is 34.7 Å². The van der Waals surface area contributed by atoms with Crippen molar-refractivity contribution in [2.45, 2.75) is 105 Å². The van der Waals surface area contributed by atoms with Gasteiger partial charge in [0.25, 0.3) is 0 Å². The second kappa shape index (κ2) is 11.4. The monoisotopic (exact) mass is 668 g/mol. The molecule has 0 radical (unpaired) electrons. The molecule has 0 heterocycles. The van der Waals surface area contributed by atoms with Gasteiger partial charge in [-0.25, -0.2) is 0 Å². The number of carbonyl (C=O) groups excluding carboxylic acids is 6. The molecule has 2 N–H and O–H groups in total. The predicted molar refractivity (Wildman–Crippen MR) is 183 cm³/mol. The maximum absolute atomic E-state index is 14.8. The number of aliphatic hydroxyl groups is 1. The fourth-order valence-electron chi connectivity index (χ4n) is 9.72. The number of phenols is 1.